The van der Waals surface area contributed by atoms with Crippen molar-refractivity contribution in [2.24, 2.45) is 0 Å². The van der Waals surface area contributed by atoms with Crippen LogP contribution in [0.3, 0.4) is 0 Å². The highest BCUT2D eigenvalue weighted by atomic mass is 32.2. The second-order valence-corrected chi connectivity index (χ2v) is 9.72. The molecule has 24 heavy (non-hydrogen) atoms. The Bertz CT molecular complexity index is 709. The van der Waals surface area contributed by atoms with Gasteiger partial charge < -0.3 is 9.64 Å². The lowest BCUT2D eigenvalue weighted by Gasteiger charge is -2.22. The molecule has 0 aromatic heterocycles. The molecule has 0 spiro atoms. The molecule has 1 aliphatic rings. The first-order valence-electron chi connectivity index (χ1n) is 8.22. The van der Waals surface area contributed by atoms with Gasteiger partial charge in [0.2, 0.25) is 0 Å². The molecule has 0 N–H and O–H groups in total. The van der Waals surface area contributed by atoms with Crippen LogP contribution in [0, 0.1) is 13.8 Å². The number of hydrogen-bond donors (Lipinski definition) is 0. The third kappa shape index (κ3) is 4.50. The van der Waals surface area contributed by atoms with Crippen molar-refractivity contribution in [3.05, 3.63) is 34.4 Å². The van der Waals surface area contributed by atoms with Gasteiger partial charge in [-0.05, 0) is 41.5 Å². The summed E-state index contributed by atoms with van der Waals surface area (Å²) in [6.07, 6.45) is -0.424. The molecule has 1 saturated heterocycles. The van der Waals surface area contributed by atoms with E-state index in [2.05, 4.69) is 32.9 Å². The van der Waals surface area contributed by atoms with Gasteiger partial charge >= 0.3 is 6.09 Å². The van der Waals surface area contributed by atoms with Crippen LogP contribution in [0.25, 0.3) is 0 Å². The lowest BCUT2D eigenvalue weighted by molar-refractivity contribution is 0.160. The van der Waals surface area contributed by atoms with Crippen LogP contribution in [0.2, 0.25) is 0 Å². The van der Waals surface area contributed by atoms with Crippen LogP contribution in [0.5, 0.6) is 0 Å². The second kappa shape index (κ2) is 6.75. The maximum Gasteiger partial charge on any atom is 0.409 e. The summed E-state index contributed by atoms with van der Waals surface area (Å²) in [7, 11) is -3.29. The van der Waals surface area contributed by atoms with Gasteiger partial charge in [0.25, 0.3) is 0 Å². The smallest absolute Gasteiger partial charge is 0.409 e. The number of nitrogens with zero attached hydrogens (tertiary/aromatic N) is 1. The van der Waals surface area contributed by atoms with Gasteiger partial charge in [-0.1, -0.05) is 32.9 Å². The van der Waals surface area contributed by atoms with Crippen LogP contribution in [-0.4, -0.2) is 44.9 Å². The van der Waals surface area contributed by atoms with E-state index in [0.717, 1.165) is 16.7 Å². The van der Waals surface area contributed by atoms with Crippen LogP contribution < -0.4 is 0 Å². The first kappa shape index (κ1) is 18.8. The Morgan fingerprint density at radius 3 is 2.21 bits per heavy atom. The number of sulfone groups is 1. The number of aryl methyl sites for hydroxylation is 2. The van der Waals surface area contributed by atoms with Crippen molar-refractivity contribution >= 4 is 15.9 Å². The molecule has 0 saturated carbocycles. The minimum atomic E-state index is -3.29. The Hall–Kier alpha value is -1.56. The van der Waals surface area contributed by atoms with Crippen molar-refractivity contribution in [2.75, 3.05) is 25.4 Å². The van der Waals surface area contributed by atoms with E-state index in [1.165, 1.54) is 10.5 Å². The lowest BCUT2D eigenvalue weighted by Crippen LogP contribution is -2.30. The van der Waals surface area contributed by atoms with Gasteiger partial charge in [-0.25, -0.2) is 13.2 Å². The molecule has 0 unspecified atom stereocenters. The third-order valence-electron chi connectivity index (χ3n) is 4.44. The van der Waals surface area contributed by atoms with E-state index in [1.807, 2.05) is 13.8 Å². The summed E-state index contributed by atoms with van der Waals surface area (Å²) in [5, 5.41) is 0. The second-order valence-electron chi connectivity index (χ2n) is 7.53. The quantitative estimate of drug-likeness (QED) is 0.816. The summed E-state index contributed by atoms with van der Waals surface area (Å²) in [5.74, 6) is -0.0278. The van der Waals surface area contributed by atoms with Gasteiger partial charge in [-0.15, -0.1) is 0 Å². The summed E-state index contributed by atoms with van der Waals surface area (Å²) >= 11 is 0. The van der Waals surface area contributed by atoms with Gasteiger partial charge in [0.05, 0.1) is 18.1 Å². The van der Waals surface area contributed by atoms with Crippen LogP contribution in [0.15, 0.2) is 12.1 Å². The third-order valence-corrected chi connectivity index (χ3v) is 5.98. The predicted octanol–water partition coefficient (Wildman–Crippen LogP) is 2.97. The number of rotatable bonds is 5. The zero-order valence-corrected chi connectivity index (χ0v) is 16.0. The lowest BCUT2D eigenvalue weighted by atomic mass is 9.84. The molecule has 1 heterocycles. The first-order chi connectivity index (χ1) is 11.0. The molecule has 1 fully saturated rings. The van der Waals surface area contributed by atoms with Crippen molar-refractivity contribution in [1.82, 2.24) is 4.90 Å². The van der Waals surface area contributed by atoms with Crippen molar-refractivity contribution in [3.8, 4) is 0 Å². The fourth-order valence-electron chi connectivity index (χ4n) is 2.82. The van der Waals surface area contributed by atoms with Gasteiger partial charge in [0, 0.05) is 6.54 Å². The topological polar surface area (TPSA) is 63.7 Å². The maximum absolute atomic E-state index is 12.5. The molecule has 1 aromatic rings. The average Bonchev–Trinajstić information content (AvgIpc) is 2.85. The fourth-order valence-corrected chi connectivity index (χ4v) is 4.36. The fraction of sp³-hybridized carbons (Fsp3) is 0.611. The van der Waals surface area contributed by atoms with Crippen LogP contribution in [0.1, 0.15) is 43.0 Å². The Labute approximate surface area is 144 Å². The largest absolute Gasteiger partial charge is 0.448 e. The van der Waals surface area contributed by atoms with Gasteiger partial charge in [-0.3, -0.25) is 0 Å². The van der Waals surface area contributed by atoms with E-state index >= 15 is 0 Å². The summed E-state index contributed by atoms with van der Waals surface area (Å²) in [6.45, 7) is 11.4. The Balaban J connectivity index is 2.13. The standard InChI is InChI=1S/C18H27NO4S/c1-13-10-15(18(3,4)5)11-14(2)16(13)12-24(21,22)9-7-19-6-8-23-17(19)20/h10-11H,6-9,12H2,1-5H3. The average molecular weight is 353 g/mol. The van der Waals surface area contributed by atoms with Gasteiger partial charge in [-0.2, -0.15) is 0 Å². The molecule has 1 aromatic carbocycles. The van der Waals surface area contributed by atoms with Gasteiger partial charge in [0.1, 0.15) is 6.61 Å². The molecule has 0 atom stereocenters. The minimum Gasteiger partial charge on any atom is -0.448 e. The first-order valence-corrected chi connectivity index (χ1v) is 10.0. The van der Waals surface area contributed by atoms with Crippen molar-refractivity contribution in [2.45, 2.75) is 45.8 Å². The van der Waals surface area contributed by atoms with E-state index < -0.39 is 15.9 Å². The highest BCUT2D eigenvalue weighted by molar-refractivity contribution is 7.90. The highest BCUT2D eigenvalue weighted by Gasteiger charge is 2.25. The Kier molecular flexibility index (Phi) is 5.28. The number of amides is 1. The number of hydrogen-bond acceptors (Lipinski definition) is 4. The Morgan fingerprint density at radius 2 is 1.75 bits per heavy atom. The van der Waals surface area contributed by atoms with Crippen LogP contribution >= 0.6 is 0 Å². The predicted molar refractivity (Wildman–Crippen MR) is 95.0 cm³/mol. The number of ether oxygens (including phenoxy) is 1. The zero-order chi connectivity index (χ0) is 18.1. The molecule has 0 radical (unpaired) electrons. The minimum absolute atomic E-state index is 0.0119. The van der Waals surface area contributed by atoms with Crippen molar-refractivity contribution in [3.63, 3.8) is 0 Å². The van der Waals surface area contributed by atoms with Crippen molar-refractivity contribution in [1.29, 1.82) is 0 Å². The van der Waals surface area contributed by atoms with Crippen LogP contribution in [-0.2, 0) is 25.7 Å². The highest BCUT2D eigenvalue weighted by Crippen LogP contribution is 2.28. The molecule has 6 heteroatoms. The van der Waals surface area contributed by atoms with E-state index in [9.17, 15) is 13.2 Å². The molecule has 134 valence electrons. The van der Waals surface area contributed by atoms with Gasteiger partial charge in [0.15, 0.2) is 9.84 Å². The maximum atomic E-state index is 12.5. The normalized spacial score (nSPS) is 15.7. The van der Waals surface area contributed by atoms with Crippen LogP contribution in [0.4, 0.5) is 4.79 Å². The monoisotopic (exact) mass is 353 g/mol. The van der Waals surface area contributed by atoms with E-state index in [1.54, 1.807) is 0 Å². The summed E-state index contributed by atoms with van der Waals surface area (Å²) in [5.41, 5.74) is 4.11. The molecule has 1 amide bonds. The summed E-state index contributed by atoms with van der Waals surface area (Å²) in [4.78, 5) is 12.8. The van der Waals surface area contributed by atoms with E-state index in [-0.39, 0.29) is 23.5 Å². The SMILES string of the molecule is Cc1cc(C(C)(C)C)cc(C)c1CS(=O)(=O)CCN1CCOC1=O. The number of cyclic esters (lactones) is 1. The number of carbonyl (C=O) groups is 1. The van der Waals surface area contributed by atoms with E-state index in [0.29, 0.717) is 13.2 Å². The van der Waals surface area contributed by atoms with E-state index in [4.69, 9.17) is 4.74 Å². The molecule has 0 bridgehead atoms. The molecule has 1 aliphatic heterocycles. The number of benzene rings is 1. The number of carbonyl (C=O) groups excluding carboxylic acids is 1. The molecule has 0 aliphatic carbocycles. The van der Waals surface area contributed by atoms with Crippen molar-refractivity contribution < 1.29 is 17.9 Å². The summed E-state index contributed by atoms with van der Waals surface area (Å²) in [6, 6.07) is 4.16. The molecular weight excluding hydrogens is 326 g/mol. The Morgan fingerprint density at radius 1 is 1.17 bits per heavy atom. The molecular formula is C18H27NO4S. The summed E-state index contributed by atoms with van der Waals surface area (Å²) < 4.78 is 29.8. The molecule has 2 rings (SSSR count). The zero-order valence-electron chi connectivity index (χ0n) is 15.2. The molecule has 5 nitrogen and oxygen atoms in total.